The number of aldehydes is 1. The summed E-state index contributed by atoms with van der Waals surface area (Å²) in [6, 6.07) is 7.28. The molecule has 3 aromatic rings. The van der Waals surface area contributed by atoms with Gasteiger partial charge in [-0.05, 0) is 36.9 Å². The Morgan fingerprint density at radius 2 is 2.00 bits per heavy atom. The van der Waals surface area contributed by atoms with E-state index in [0.29, 0.717) is 11.7 Å². The van der Waals surface area contributed by atoms with Crippen LogP contribution in [0.4, 0.5) is 0 Å². The van der Waals surface area contributed by atoms with Crippen LogP contribution in [0.5, 0.6) is 0 Å². The van der Waals surface area contributed by atoms with E-state index in [1.54, 1.807) is 6.20 Å². The molecule has 0 aliphatic rings. The van der Waals surface area contributed by atoms with Gasteiger partial charge in [0.15, 0.2) is 12.1 Å². The minimum absolute atomic E-state index is 0.204. The first-order chi connectivity index (χ1) is 10.5. The van der Waals surface area contributed by atoms with E-state index in [1.165, 1.54) is 16.8 Å². The molecule has 3 rings (SSSR count). The third kappa shape index (κ3) is 2.22. The zero-order valence-corrected chi connectivity index (χ0v) is 12.9. The number of pyridine rings is 2. The maximum absolute atomic E-state index is 12.8. The van der Waals surface area contributed by atoms with Gasteiger partial charge in [0.1, 0.15) is 0 Å². The molecule has 5 heteroatoms. The van der Waals surface area contributed by atoms with Crippen LogP contribution < -0.4 is 5.56 Å². The average molecular weight is 313 g/mol. The lowest BCUT2D eigenvalue weighted by Crippen LogP contribution is -2.21. The van der Waals surface area contributed by atoms with Crippen molar-refractivity contribution < 1.29 is 4.79 Å². The Morgan fingerprint density at radius 1 is 1.23 bits per heavy atom. The Kier molecular flexibility index (Phi) is 3.54. The summed E-state index contributed by atoms with van der Waals surface area (Å²) in [4.78, 5) is 28.2. The number of aryl methyl sites for hydroxylation is 2. The van der Waals surface area contributed by atoms with E-state index in [2.05, 4.69) is 4.98 Å². The van der Waals surface area contributed by atoms with Crippen molar-refractivity contribution in [2.24, 2.45) is 0 Å². The molecule has 0 saturated carbocycles. The van der Waals surface area contributed by atoms with Crippen molar-refractivity contribution >= 4 is 28.7 Å². The Bertz CT molecular complexity index is 961. The first-order valence-electron chi connectivity index (χ1n) is 6.75. The highest BCUT2D eigenvalue weighted by Crippen LogP contribution is 2.21. The number of aromatic nitrogens is 2. The molecule has 0 fully saturated rings. The molecule has 0 saturated heterocycles. The van der Waals surface area contributed by atoms with Crippen molar-refractivity contribution in [1.82, 2.24) is 9.55 Å². The van der Waals surface area contributed by atoms with Crippen molar-refractivity contribution in [1.29, 1.82) is 0 Å². The van der Waals surface area contributed by atoms with Crippen molar-refractivity contribution in [3.8, 4) is 5.82 Å². The Morgan fingerprint density at radius 3 is 2.73 bits per heavy atom. The van der Waals surface area contributed by atoms with E-state index in [1.807, 2.05) is 32.0 Å². The van der Waals surface area contributed by atoms with E-state index >= 15 is 0 Å². The molecule has 110 valence electrons. The second-order valence-electron chi connectivity index (χ2n) is 5.18. The summed E-state index contributed by atoms with van der Waals surface area (Å²) >= 11 is 6.02. The van der Waals surface area contributed by atoms with Crippen LogP contribution in [0.3, 0.4) is 0 Å². The maximum atomic E-state index is 12.8. The van der Waals surface area contributed by atoms with Gasteiger partial charge in [-0.2, -0.15) is 0 Å². The molecule has 2 aromatic heterocycles. The fourth-order valence-corrected chi connectivity index (χ4v) is 2.86. The predicted octanol–water partition coefficient (Wildman–Crippen LogP) is 3.47. The van der Waals surface area contributed by atoms with Crippen molar-refractivity contribution in [3.63, 3.8) is 0 Å². The molecule has 2 heterocycles. The zero-order chi connectivity index (χ0) is 15.9. The molecule has 0 radical (unpaired) electrons. The van der Waals surface area contributed by atoms with Crippen molar-refractivity contribution in [2.45, 2.75) is 13.8 Å². The minimum atomic E-state index is -0.215. The van der Waals surface area contributed by atoms with Gasteiger partial charge >= 0.3 is 0 Å². The summed E-state index contributed by atoms with van der Waals surface area (Å²) in [5, 5.41) is 1.76. The topological polar surface area (TPSA) is 52.0 Å². The van der Waals surface area contributed by atoms with E-state index in [-0.39, 0.29) is 22.0 Å². The first kappa shape index (κ1) is 14.5. The number of carbonyl (C=O) groups excluding carboxylic acids is 1. The average Bonchev–Trinajstić information content (AvgIpc) is 2.46. The molecule has 0 N–H and O–H groups in total. The molecule has 0 spiro atoms. The van der Waals surface area contributed by atoms with Crippen LogP contribution in [0.2, 0.25) is 5.02 Å². The molecule has 0 amide bonds. The number of hydrogen-bond donors (Lipinski definition) is 0. The number of benzene rings is 1. The van der Waals surface area contributed by atoms with Gasteiger partial charge in [-0.25, -0.2) is 4.98 Å². The SMILES string of the molecule is Cc1cc(C)c2c(=O)n(-c3nccc(Cl)c3C=O)ccc2c1. The summed E-state index contributed by atoms with van der Waals surface area (Å²) < 4.78 is 1.36. The highest BCUT2D eigenvalue weighted by Gasteiger charge is 2.13. The number of hydrogen-bond acceptors (Lipinski definition) is 3. The van der Waals surface area contributed by atoms with Gasteiger partial charge in [0, 0.05) is 12.4 Å². The van der Waals surface area contributed by atoms with Gasteiger partial charge in [-0.15, -0.1) is 0 Å². The third-order valence-electron chi connectivity index (χ3n) is 3.61. The fourth-order valence-electron chi connectivity index (χ4n) is 2.67. The van der Waals surface area contributed by atoms with Crippen LogP contribution in [0.1, 0.15) is 21.5 Å². The lowest BCUT2D eigenvalue weighted by Gasteiger charge is -2.11. The predicted molar refractivity (Wildman–Crippen MR) is 87.2 cm³/mol. The molecule has 1 aromatic carbocycles. The van der Waals surface area contributed by atoms with Crippen LogP contribution in [0.15, 0.2) is 41.5 Å². The summed E-state index contributed by atoms with van der Waals surface area (Å²) in [7, 11) is 0. The van der Waals surface area contributed by atoms with Gasteiger partial charge in [0.25, 0.3) is 5.56 Å². The number of nitrogens with zero attached hydrogens (tertiary/aromatic N) is 2. The summed E-state index contributed by atoms with van der Waals surface area (Å²) in [5.74, 6) is 0.245. The molecular formula is C17H13ClN2O2. The van der Waals surface area contributed by atoms with E-state index in [9.17, 15) is 9.59 Å². The van der Waals surface area contributed by atoms with Crippen LogP contribution in [0.25, 0.3) is 16.6 Å². The van der Waals surface area contributed by atoms with Crippen molar-refractivity contribution in [2.75, 3.05) is 0 Å². The summed E-state index contributed by atoms with van der Waals surface area (Å²) in [5.41, 5.74) is 1.98. The molecule has 4 nitrogen and oxygen atoms in total. The highest BCUT2D eigenvalue weighted by molar-refractivity contribution is 6.33. The van der Waals surface area contributed by atoms with Gasteiger partial charge in [0.05, 0.1) is 16.0 Å². The fraction of sp³-hybridized carbons (Fsp3) is 0.118. The normalized spacial score (nSPS) is 10.9. The Labute approximate surface area is 132 Å². The van der Waals surface area contributed by atoms with Gasteiger partial charge < -0.3 is 0 Å². The maximum Gasteiger partial charge on any atom is 0.264 e. The molecule has 0 aliphatic heterocycles. The quantitative estimate of drug-likeness (QED) is 0.681. The lowest BCUT2D eigenvalue weighted by atomic mass is 10.0. The van der Waals surface area contributed by atoms with Gasteiger partial charge in [0.2, 0.25) is 0 Å². The van der Waals surface area contributed by atoms with Crippen LogP contribution in [0, 0.1) is 13.8 Å². The Hall–Kier alpha value is -2.46. The van der Waals surface area contributed by atoms with E-state index < -0.39 is 0 Å². The number of fused-ring (bicyclic) bond motifs is 1. The first-order valence-corrected chi connectivity index (χ1v) is 7.13. The monoisotopic (exact) mass is 312 g/mol. The van der Waals surface area contributed by atoms with Crippen LogP contribution >= 0.6 is 11.6 Å². The third-order valence-corrected chi connectivity index (χ3v) is 3.94. The standard InChI is InChI=1S/C17H13ClN2O2/c1-10-7-11(2)15-12(8-10)4-6-20(17(15)22)16-13(9-21)14(18)3-5-19-16/h3-9H,1-2H3. The molecule has 0 aliphatic carbocycles. The second kappa shape index (κ2) is 5.39. The summed E-state index contributed by atoms with van der Waals surface area (Å²) in [6.45, 7) is 3.88. The van der Waals surface area contributed by atoms with Gasteiger partial charge in [-0.1, -0.05) is 29.3 Å². The highest BCUT2D eigenvalue weighted by atomic mass is 35.5. The van der Waals surface area contributed by atoms with Crippen molar-refractivity contribution in [3.05, 3.63) is 68.7 Å². The van der Waals surface area contributed by atoms with Crippen LogP contribution in [-0.2, 0) is 0 Å². The molecule has 0 bridgehead atoms. The largest absolute Gasteiger partial charge is 0.298 e. The number of rotatable bonds is 2. The van der Waals surface area contributed by atoms with E-state index in [4.69, 9.17) is 11.6 Å². The number of carbonyl (C=O) groups is 1. The number of halogens is 1. The Balaban J connectivity index is 2.39. The zero-order valence-electron chi connectivity index (χ0n) is 12.1. The lowest BCUT2D eigenvalue weighted by molar-refractivity contribution is 0.112. The minimum Gasteiger partial charge on any atom is -0.298 e. The van der Waals surface area contributed by atoms with Gasteiger partial charge in [-0.3, -0.25) is 14.2 Å². The second-order valence-corrected chi connectivity index (χ2v) is 5.59. The molecule has 0 atom stereocenters. The van der Waals surface area contributed by atoms with E-state index in [0.717, 1.165) is 16.5 Å². The molecule has 0 unspecified atom stereocenters. The smallest absolute Gasteiger partial charge is 0.264 e. The molecular weight excluding hydrogens is 300 g/mol. The van der Waals surface area contributed by atoms with Crippen LogP contribution in [-0.4, -0.2) is 15.8 Å². The summed E-state index contributed by atoms with van der Waals surface area (Å²) in [6.07, 6.45) is 3.71. The molecule has 22 heavy (non-hydrogen) atoms.